The minimum absolute atomic E-state index is 0.0970. The van der Waals surface area contributed by atoms with Gasteiger partial charge in [0.2, 0.25) is 5.91 Å². The summed E-state index contributed by atoms with van der Waals surface area (Å²) >= 11 is 0. The van der Waals surface area contributed by atoms with Crippen LogP contribution < -0.4 is 5.32 Å². The molecule has 90 valence electrons. The minimum atomic E-state index is -0.938. The number of hydrogen-bond donors (Lipinski definition) is 2. The molecule has 2 rings (SSSR count). The van der Waals surface area contributed by atoms with Crippen molar-refractivity contribution < 1.29 is 14.7 Å². The highest BCUT2D eigenvalue weighted by Gasteiger charge is 2.38. The molecule has 0 aliphatic heterocycles. The van der Waals surface area contributed by atoms with Gasteiger partial charge < -0.3 is 10.4 Å². The van der Waals surface area contributed by atoms with Crippen LogP contribution in [0.4, 0.5) is 0 Å². The van der Waals surface area contributed by atoms with Crippen LogP contribution in [0, 0.1) is 11.8 Å². The lowest BCUT2D eigenvalue weighted by Gasteiger charge is -2.04. The Morgan fingerprint density at radius 2 is 1.94 bits per heavy atom. The summed E-state index contributed by atoms with van der Waals surface area (Å²) < 4.78 is 0. The Bertz CT molecular complexity index is 438. The molecule has 1 amide bonds. The quantitative estimate of drug-likeness (QED) is 0.831. The molecule has 1 aliphatic rings. The van der Waals surface area contributed by atoms with Crippen molar-refractivity contribution in [3.05, 3.63) is 35.4 Å². The van der Waals surface area contributed by atoms with E-state index in [1.807, 2.05) is 0 Å². The van der Waals surface area contributed by atoms with Crippen LogP contribution in [0.15, 0.2) is 24.3 Å². The summed E-state index contributed by atoms with van der Waals surface area (Å²) in [6.07, 6.45) is 0.976. The van der Waals surface area contributed by atoms with Crippen molar-refractivity contribution in [2.24, 2.45) is 11.8 Å². The van der Waals surface area contributed by atoms with E-state index in [4.69, 9.17) is 5.11 Å². The molecular weight excluding hydrogens is 218 g/mol. The molecule has 1 aliphatic carbocycles. The zero-order chi connectivity index (χ0) is 12.4. The van der Waals surface area contributed by atoms with Crippen LogP contribution in [0.25, 0.3) is 0 Å². The largest absolute Gasteiger partial charge is 0.478 e. The normalized spacial score (nSPS) is 21.9. The maximum atomic E-state index is 11.6. The van der Waals surface area contributed by atoms with Gasteiger partial charge in [0.25, 0.3) is 0 Å². The molecule has 0 radical (unpaired) electrons. The Morgan fingerprint density at radius 1 is 1.35 bits per heavy atom. The number of rotatable bonds is 4. The molecule has 1 aromatic rings. The second kappa shape index (κ2) is 4.57. The van der Waals surface area contributed by atoms with Gasteiger partial charge in [0.05, 0.1) is 5.56 Å². The van der Waals surface area contributed by atoms with E-state index in [-0.39, 0.29) is 17.4 Å². The van der Waals surface area contributed by atoms with E-state index in [2.05, 4.69) is 12.2 Å². The topological polar surface area (TPSA) is 66.4 Å². The second-order valence-electron chi connectivity index (χ2n) is 4.54. The smallest absolute Gasteiger partial charge is 0.335 e. The van der Waals surface area contributed by atoms with Crippen LogP contribution in [-0.4, -0.2) is 17.0 Å². The molecule has 0 bridgehead atoms. The van der Waals surface area contributed by atoms with Crippen molar-refractivity contribution in [2.75, 3.05) is 0 Å². The number of hydrogen-bond acceptors (Lipinski definition) is 2. The van der Waals surface area contributed by atoms with Crippen molar-refractivity contribution in [3.63, 3.8) is 0 Å². The predicted octanol–water partition coefficient (Wildman–Crippen LogP) is 1.66. The molecule has 0 unspecified atom stereocenters. The lowest BCUT2D eigenvalue weighted by atomic mass is 10.1. The fourth-order valence-electron chi connectivity index (χ4n) is 1.77. The summed E-state index contributed by atoms with van der Waals surface area (Å²) in [5, 5.41) is 11.6. The zero-order valence-corrected chi connectivity index (χ0v) is 9.64. The molecule has 1 fully saturated rings. The third-order valence-electron chi connectivity index (χ3n) is 3.11. The molecule has 0 aromatic heterocycles. The first-order valence-corrected chi connectivity index (χ1v) is 5.68. The third kappa shape index (κ3) is 2.84. The number of carbonyl (C=O) groups excluding carboxylic acids is 1. The van der Waals surface area contributed by atoms with Gasteiger partial charge in [-0.25, -0.2) is 4.79 Å². The molecule has 0 spiro atoms. The number of carbonyl (C=O) groups is 2. The molecule has 2 atom stereocenters. The van der Waals surface area contributed by atoms with E-state index in [1.165, 1.54) is 0 Å². The molecule has 4 nitrogen and oxygen atoms in total. The third-order valence-corrected chi connectivity index (χ3v) is 3.11. The first kappa shape index (κ1) is 11.6. The van der Waals surface area contributed by atoms with Gasteiger partial charge in [-0.15, -0.1) is 0 Å². The molecule has 0 heterocycles. The van der Waals surface area contributed by atoms with Gasteiger partial charge in [0, 0.05) is 12.5 Å². The number of carboxylic acid groups (broad SMARTS) is 1. The van der Waals surface area contributed by atoms with Gasteiger partial charge in [0.15, 0.2) is 0 Å². The molecule has 2 N–H and O–H groups in total. The first-order chi connectivity index (χ1) is 8.08. The maximum absolute atomic E-state index is 11.6. The highest BCUT2D eigenvalue weighted by molar-refractivity contribution is 5.87. The van der Waals surface area contributed by atoms with Gasteiger partial charge in [-0.3, -0.25) is 4.79 Å². The number of benzene rings is 1. The molecular formula is C13H15NO3. The Kier molecular flexibility index (Phi) is 3.13. The Balaban J connectivity index is 1.86. The van der Waals surface area contributed by atoms with Crippen LogP contribution in [-0.2, 0) is 11.3 Å². The number of carboxylic acids is 1. The lowest BCUT2D eigenvalue weighted by Crippen LogP contribution is -2.24. The highest BCUT2D eigenvalue weighted by atomic mass is 16.4. The standard InChI is InChI=1S/C13H15NO3/c1-8-6-11(8)12(15)14-7-9-2-4-10(5-3-9)13(16)17/h2-5,8,11H,6-7H2,1H3,(H,14,15)(H,16,17)/t8-,11-/m0/s1. The van der Waals surface area contributed by atoms with Crippen LogP contribution in [0.1, 0.15) is 29.3 Å². The van der Waals surface area contributed by atoms with Crippen molar-refractivity contribution in [1.82, 2.24) is 5.32 Å². The van der Waals surface area contributed by atoms with Crippen molar-refractivity contribution in [2.45, 2.75) is 19.9 Å². The predicted molar refractivity (Wildman–Crippen MR) is 62.5 cm³/mol. The zero-order valence-electron chi connectivity index (χ0n) is 9.64. The number of amides is 1. The monoisotopic (exact) mass is 233 g/mol. The fourth-order valence-corrected chi connectivity index (χ4v) is 1.77. The molecule has 4 heteroatoms. The van der Waals surface area contributed by atoms with Crippen molar-refractivity contribution in [3.8, 4) is 0 Å². The van der Waals surface area contributed by atoms with Crippen LogP contribution in [0.3, 0.4) is 0 Å². The van der Waals surface area contributed by atoms with Crippen molar-refractivity contribution in [1.29, 1.82) is 0 Å². The van der Waals surface area contributed by atoms with E-state index in [9.17, 15) is 9.59 Å². The first-order valence-electron chi connectivity index (χ1n) is 5.68. The van der Waals surface area contributed by atoms with E-state index < -0.39 is 5.97 Å². The summed E-state index contributed by atoms with van der Waals surface area (Å²) in [6, 6.07) is 6.53. The second-order valence-corrected chi connectivity index (χ2v) is 4.54. The molecule has 0 saturated heterocycles. The van der Waals surface area contributed by atoms with Crippen molar-refractivity contribution >= 4 is 11.9 Å². The lowest BCUT2D eigenvalue weighted by molar-refractivity contribution is -0.122. The Labute approximate surface area is 99.6 Å². The SMILES string of the molecule is C[C@H]1C[C@@H]1C(=O)NCc1ccc(C(=O)O)cc1. The van der Waals surface area contributed by atoms with E-state index >= 15 is 0 Å². The highest BCUT2D eigenvalue weighted by Crippen LogP contribution is 2.37. The average molecular weight is 233 g/mol. The fraction of sp³-hybridized carbons (Fsp3) is 0.385. The van der Waals surface area contributed by atoms with Crippen LogP contribution in [0.2, 0.25) is 0 Å². The Morgan fingerprint density at radius 3 is 2.41 bits per heavy atom. The van der Waals surface area contributed by atoms with E-state index in [0.717, 1.165) is 12.0 Å². The van der Waals surface area contributed by atoms with E-state index in [0.29, 0.717) is 12.5 Å². The molecule has 17 heavy (non-hydrogen) atoms. The van der Waals surface area contributed by atoms with Crippen LogP contribution >= 0.6 is 0 Å². The number of nitrogens with one attached hydrogen (secondary N) is 1. The van der Waals surface area contributed by atoms with Gasteiger partial charge in [-0.05, 0) is 30.0 Å². The summed E-state index contributed by atoms with van der Waals surface area (Å²) in [4.78, 5) is 22.2. The van der Waals surface area contributed by atoms with Gasteiger partial charge in [0.1, 0.15) is 0 Å². The average Bonchev–Trinajstić information content (AvgIpc) is 3.04. The minimum Gasteiger partial charge on any atom is -0.478 e. The summed E-state index contributed by atoms with van der Waals surface area (Å²) in [5.41, 5.74) is 1.17. The number of aromatic carboxylic acids is 1. The van der Waals surface area contributed by atoms with Crippen LogP contribution in [0.5, 0.6) is 0 Å². The molecule has 1 aromatic carbocycles. The van der Waals surface area contributed by atoms with E-state index in [1.54, 1.807) is 24.3 Å². The van der Waals surface area contributed by atoms with Gasteiger partial charge >= 0.3 is 5.97 Å². The van der Waals surface area contributed by atoms with Gasteiger partial charge in [-0.2, -0.15) is 0 Å². The summed E-state index contributed by atoms with van der Waals surface area (Å²) in [5.74, 6) is -0.162. The summed E-state index contributed by atoms with van der Waals surface area (Å²) in [7, 11) is 0. The Hall–Kier alpha value is -1.84. The van der Waals surface area contributed by atoms with Gasteiger partial charge in [-0.1, -0.05) is 19.1 Å². The molecule has 1 saturated carbocycles. The maximum Gasteiger partial charge on any atom is 0.335 e. The summed E-state index contributed by atoms with van der Waals surface area (Å²) in [6.45, 7) is 2.52.